The molecule has 4 aliphatic rings. The fourth-order valence-electron chi connectivity index (χ4n) is 7.58. The van der Waals surface area contributed by atoms with Crippen LogP contribution < -0.4 is 16.0 Å². The van der Waals surface area contributed by atoms with Gasteiger partial charge in [-0.2, -0.15) is 0 Å². The van der Waals surface area contributed by atoms with Gasteiger partial charge in [0.25, 0.3) is 11.8 Å². The van der Waals surface area contributed by atoms with Crippen LogP contribution in [0.15, 0.2) is 66.7 Å². The maximum Gasteiger partial charge on any atom is 0.410 e. The van der Waals surface area contributed by atoms with Crippen molar-refractivity contribution in [3.63, 3.8) is 0 Å². The number of nitrogens with one attached hydrogen (secondary N) is 3. The van der Waals surface area contributed by atoms with E-state index in [1.165, 1.54) is 0 Å². The maximum atomic E-state index is 14.4. The van der Waals surface area contributed by atoms with E-state index >= 15 is 0 Å². The molecule has 2 aromatic carbocycles. The summed E-state index contributed by atoms with van der Waals surface area (Å²) in [6.45, 7) is 5.99. The van der Waals surface area contributed by atoms with E-state index in [2.05, 4.69) is 16.0 Å². The summed E-state index contributed by atoms with van der Waals surface area (Å²) in [5, 5.41) is 8.18. The minimum atomic E-state index is -1.39. The topological polar surface area (TPSA) is 160 Å². The van der Waals surface area contributed by atoms with E-state index in [1.807, 2.05) is 36.4 Å². The lowest BCUT2D eigenvalue weighted by Crippen LogP contribution is -2.54. The first kappa shape index (κ1) is 36.8. The molecule has 0 aromatic heterocycles. The smallest absolute Gasteiger partial charge is 0.410 e. The number of ether oxygens (including phenoxy) is 2. The molecule has 6 atom stereocenters. The number of rotatable bonds is 4. The summed E-state index contributed by atoms with van der Waals surface area (Å²) >= 11 is 0. The first-order valence-corrected chi connectivity index (χ1v) is 18.3. The number of carbonyl (C=O) groups excluding carboxylic acids is 6. The molecule has 1 unspecified atom stereocenters. The zero-order chi connectivity index (χ0) is 37.0. The number of nitrogens with zero attached hydrogens (tertiary/aromatic N) is 1. The molecule has 0 bridgehead atoms. The van der Waals surface area contributed by atoms with E-state index in [0.717, 1.165) is 30.4 Å². The van der Waals surface area contributed by atoms with Crippen LogP contribution in [0.1, 0.15) is 93.6 Å². The Bertz CT molecular complexity index is 1710. The third-order valence-corrected chi connectivity index (χ3v) is 10.4. The standard InChI is InChI=1S/C40H48N4O8/c1-39(2,3)52-37(49)41-32-19-11-6-4-5-10-18-28-22-40(28,36(48)42-34(46)25-14-8-7-9-15-25)43-35(47)31-21-29(20-30(31)33(32)45)51-38(50)44-23-26-16-12-13-17-27(26)24-44/h7-10,12-18,28-32H,4-6,11,19-24H2,1-3H3,(H,41,49)(H,43,47)(H,42,46,48)/b18-10-/t28-,29+,30?,31-,32+,40-/m1/s1. The van der Waals surface area contributed by atoms with Gasteiger partial charge in [-0.15, -0.1) is 0 Å². The fourth-order valence-corrected chi connectivity index (χ4v) is 7.58. The van der Waals surface area contributed by atoms with E-state index in [1.54, 1.807) is 56.0 Å². The highest BCUT2D eigenvalue weighted by Crippen LogP contribution is 2.46. The van der Waals surface area contributed by atoms with Crippen LogP contribution in [0.3, 0.4) is 0 Å². The number of amides is 5. The Morgan fingerprint density at radius 1 is 0.885 bits per heavy atom. The normalized spacial score (nSPS) is 28.1. The van der Waals surface area contributed by atoms with Crippen molar-refractivity contribution in [3.05, 3.63) is 83.4 Å². The molecule has 2 saturated carbocycles. The van der Waals surface area contributed by atoms with E-state index in [9.17, 15) is 28.8 Å². The lowest BCUT2D eigenvalue weighted by atomic mass is 9.85. The molecule has 2 aromatic rings. The van der Waals surface area contributed by atoms with Gasteiger partial charge in [-0.25, -0.2) is 9.59 Å². The van der Waals surface area contributed by atoms with Crippen LogP contribution in [0, 0.1) is 17.8 Å². The maximum absolute atomic E-state index is 14.4. The summed E-state index contributed by atoms with van der Waals surface area (Å²) in [5.41, 5.74) is 0.182. The highest BCUT2D eigenvalue weighted by molar-refractivity contribution is 6.10. The Morgan fingerprint density at radius 2 is 1.56 bits per heavy atom. The van der Waals surface area contributed by atoms with Crippen LogP contribution in [-0.2, 0) is 36.9 Å². The number of ketones is 1. The Kier molecular flexibility index (Phi) is 10.8. The molecule has 276 valence electrons. The minimum Gasteiger partial charge on any atom is -0.446 e. The van der Waals surface area contributed by atoms with Gasteiger partial charge in [0, 0.05) is 30.5 Å². The van der Waals surface area contributed by atoms with Gasteiger partial charge in [0.2, 0.25) is 5.91 Å². The second-order valence-corrected chi connectivity index (χ2v) is 15.4. The zero-order valence-corrected chi connectivity index (χ0v) is 30.0. The van der Waals surface area contributed by atoms with Crippen molar-refractivity contribution >= 4 is 35.7 Å². The number of fused-ring (bicyclic) bond motifs is 3. The average molecular weight is 713 g/mol. The van der Waals surface area contributed by atoms with Crippen molar-refractivity contribution in [3.8, 4) is 0 Å². The van der Waals surface area contributed by atoms with Crippen LogP contribution in [0.2, 0.25) is 0 Å². The highest BCUT2D eigenvalue weighted by atomic mass is 16.6. The van der Waals surface area contributed by atoms with E-state index in [4.69, 9.17) is 9.47 Å². The summed E-state index contributed by atoms with van der Waals surface area (Å²) in [7, 11) is 0. The van der Waals surface area contributed by atoms with Crippen LogP contribution >= 0.6 is 0 Å². The van der Waals surface area contributed by atoms with Gasteiger partial charge in [0.1, 0.15) is 17.2 Å². The van der Waals surface area contributed by atoms with Crippen molar-refractivity contribution in [1.29, 1.82) is 0 Å². The number of carbonyl (C=O) groups is 6. The highest BCUT2D eigenvalue weighted by Gasteiger charge is 2.61. The predicted octanol–water partition coefficient (Wildman–Crippen LogP) is 5.35. The van der Waals surface area contributed by atoms with E-state index < -0.39 is 65.0 Å². The molecule has 12 heteroatoms. The van der Waals surface area contributed by atoms with Crippen molar-refractivity contribution < 1.29 is 38.2 Å². The number of benzene rings is 2. The number of hydrogen-bond acceptors (Lipinski definition) is 8. The molecular formula is C40H48N4O8. The van der Waals surface area contributed by atoms with Crippen molar-refractivity contribution in [2.24, 2.45) is 17.8 Å². The Balaban J connectivity index is 1.25. The van der Waals surface area contributed by atoms with Gasteiger partial charge >= 0.3 is 12.2 Å². The minimum absolute atomic E-state index is 0.0507. The van der Waals surface area contributed by atoms with Gasteiger partial charge in [-0.3, -0.25) is 29.4 Å². The lowest BCUT2D eigenvalue weighted by Gasteiger charge is -2.27. The molecule has 6 rings (SSSR count). The van der Waals surface area contributed by atoms with Gasteiger partial charge in [-0.05, 0) is 82.6 Å². The van der Waals surface area contributed by atoms with Crippen LogP contribution in [0.4, 0.5) is 9.59 Å². The third-order valence-electron chi connectivity index (χ3n) is 10.4. The number of imide groups is 1. The van der Waals surface area contributed by atoms with E-state index in [-0.39, 0.29) is 31.0 Å². The Hall–Kier alpha value is -5.00. The summed E-state index contributed by atoms with van der Waals surface area (Å²) in [4.78, 5) is 83.5. The monoisotopic (exact) mass is 712 g/mol. The number of allylic oxidation sites excluding steroid dienone is 1. The molecule has 0 radical (unpaired) electrons. The van der Waals surface area contributed by atoms with Crippen molar-refractivity contribution in [1.82, 2.24) is 20.9 Å². The number of hydrogen-bond donors (Lipinski definition) is 3. The summed E-state index contributed by atoms with van der Waals surface area (Å²) in [5.74, 6) is -4.35. The number of alkyl carbamates (subject to hydrolysis) is 1. The quantitative estimate of drug-likeness (QED) is 0.283. The summed E-state index contributed by atoms with van der Waals surface area (Å²) < 4.78 is 11.5. The fraction of sp³-hybridized carbons (Fsp3) is 0.500. The summed E-state index contributed by atoms with van der Waals surface area (Å²) in [6.07, 6.45) is 5.59. The Labute approximate surface area is 304 Å². The predicted molar refractivity (Wildman–Crippen MR) is 190 cm³/mol. The number of Topliss-reactive ketones (excluding diaryl/α,β-unsaturated/α-hetero) is 1. The molecule has 0 saturated heterocycles. The molecule has 3 N–H and O–H groups in total. The van der Waals surface area contributed by atoms with Gasteiger partial charge in [0.05, 0.1) is 12.0 Å². The van der Waals surface area contributed by atoms with Crippen LogP contribution in [0.5, 0.6) is 0 Å². The molecule has 2 aliphatic heterocycles. The second-order valence-electron chi connectivity index (χ2n) is 15.4. The molecule has 0 spiro atoms. The van der Waals surface area contributed by atoms with Crippen molar-refractivity contribution in [2.75, 3.05) is 0 Å². The van der Waals surface area contributed by atoms with Crippen molar-refractivity contribution in [2.45, 2.75) is 109 Å². The Morgan fingerprint density at radius 3 is 2.25 bits per heavy atom. The largest absolute Gasteiger partial charge is 0.446 e. The van der Waals surface area contributed by atoms with Gasteiger partial charge < -0.3 is 20.1 Å². The van der Waals surface area contributed by atoms with Gasteiger partial charge in [0.15, 0.2) is 5.78 Å². The zero-order valence-electron chi connectivity index (χ0n) is 30.0. The molecular weight excluding hydrogens is 664 g/mol. The molecule has 52 heavy (non-hydrogen) atoms. The molecule has 2 heterocycles. The lowest BCUT2D eigenvalue weighted by molar-refractivity contribution is -0.136. The second kappa shape index (κ2) is 15.3. The molecule has 2 fully saturated rings. The first-order chi connectivity index (χ1) is 24.8. The van der Waals surface area contributed by atoms with Crippen LogP contribution in [0.25, 0.3) is 0 Å². The molecule has 2 aliphatic carbocycles. The third kappa shape index (κ3) is 8.54. The van der Waals surface area contributed by atoms with Gasteiger partial charge in [-0.1, -0.05) is 67.5 Å². The first-order valence-electron chi connectivity index (χ1n) is 18.3. The average Bonchev–Trinajstić information content (AvgIpc) is 3.40. The molecule has 12 nitrogen and oxygen atoms in total. The van der Waals surface area contributed by atoms with Crippen LogP contribution in [-0.4, -0.2) is 63.9 Å². The summed E-state index contributed by atoms with van der Waals surface area (Å²) in [6, 6.07) is 15.2. The SMILES string of the molecule is CC(C)(C)OC(=O)N[C@H]1CCCCC/C=C\[C@@H]2C[C@@]2(C(=O)NC(=O)c2ccccc2)NC(=O)[C@@H]2C[C@@H](OC(=O)N3Cc4ccccc4C3)CC2C1=O. The van der Waals surface area contributed by atoms with E-state index in [0.29, 0.717) is 31.5 Å². The molecule has 5 amide bonds.